The van der Waals surface area contributed by atoms with Crippen molar-refractivity contribution in [3.05, 3.63) is 0 Å². The second-order valence-electron chi connectivity index (χ2n) is 3.05. The highest BCUT2D eigenvalue weighted by Crippen LogP contribution is 2.04. The van der Waals surface area contributed by atoms with E-state index in [1.54, 1.807) is 0 Å². The smallest absolute Gasteiger partial charge is 0.202 e. The fraction of sp³-hybridized carbons (Fsp3) is 0.889. The van der Waals surface area contributed by atoms with Crippen LogP contribution in [0.1, 0.15) is 33.6 Å². The molecule has 0 spiro atoms. The zero-order valence-corrected chi connectivity index (χ0v) is 9.10. The highest BCUT2D eigenvalue weighted by atomic mass is 32.1. The fourth-order valence-electron chi connectivity index (χ4n) is 1.23. The molecule has 0 saturated carbocycles. The van der Waals surface area contributed by atoms with E-state index >= 15 is 0 Å². The maximum Gasteiger partial charge on any atom is 0.202 e. The summed E-state index contributed by atoms with van der Waals surface area (Å²) in [6.07, 6.45) is 2.18. The van der Waals surface area contributed by atoms with E-state index in [9.17, 15) is 4.79 Å². The van der Waals surface area contributed by atoms with Crippen molar-refractivity contribution in [3.8, 4) is 0 Å². The molecule has 0 unspecified atom stereocenters. The summed E-state index contributed by atoms with van der Waals surface area (Å²) in [5.41, 5.74) is 0. The first kappa shape index (κ1) is 12.0. The van der Waals surface area contributed by atoms with Crippen LogP contribution in [0.3, 0.4) is 0 Å². The van der Waals surface area contributed by atoms with Crippen LogP contribution in [0.25, 0.3) is 0 Å². The van der Waals surface area contributed by atoms with Crippen LogP contribution in [0, 0.1) is 0 Å². The van der Waals surface area contributed by atoms with Crippen LogP contribution < -0.4 is 0 Å². The van der Waals surface area contributed by atoms with Gasteiger partial charge in [-0.2, -0.15) is 0 Å². The summed E-state index contributed by atoms with van der Waals surface area (Å²) in [6.45, 7) is 8.14. The van der Waals surface area contributed by atoms with Crippen molar-refractivity contribution < 1.29 is 4.79 Å². The Kier molecular flexibility index (Phi) is 6.48. The van der Waals surface area contributed by atoms with E-state index in [1.807, 2.05) is 6.92 Å². The van der Waals surface area contributed by atoms with Crippen molar-refractivity contribution in [1.29, 1.82) is 0 Å². The van der Waals surface area contributed by atoms with Crippen molar-refractivity contribution in [2.45, 2.75) is 39.7 Å². The molecule has 1 atom stereocenters. The molecule has 0 heterocycles. The van der Waals surface area contributed by atoms with E-state index in [4.69, 9.17) is 0 Å². The van der Waals surface area contributed by atoms with Gasteiger partial charge in [-0.15, -0.1) is 12.6 Å². The molecule has 0 aliphatic carbocycles. The number of hydrogen-bond donors (Lipinski definition) is 1. The largest absolute Gasteiger partial charge is 0.293 e. The molecule has 0 aromatic heterocycles. The Morgan fingerprint density at radius 1 is 1.33 bits per heavy atom. The molecule has 2 nitrogen and oxygen atoms in total. The average Bonchev–Trinajstić information content (AvgIpc) is 2.03. The Bertz CT molecular complexity index is 132. The summed E-state index contributed by atoms with van der Waals surface area (Å²) in [4.78, 5) is 13.1. The molecule has 0 aliphatic heterocycles. The van der Waals surface area contributed by atoms with Crippen molar-refractivity contribution in [2.24, 2.45) is 0 Å². The van der Waals surface area contributed by atoms with Crippen molar-refractivity contribution in [2.75, 3.05) is 13.1 Å². The monoisotopic (exact) mass is 189 g/mol. The number of hydrogen-bond acceptors (Lipinski definition) is 2. The summed E-state index contributed by atoms with van der Waals surface area (Å²) in [7, 11) is 0. The van der Waals surface area contributed by atoms with Crippen LogP contribution in [-0.2, 0) is 4.79 Å². The fourth-order valence-corrected chi connectivity index (χ4v) is 1.39. The molecule has 0 aliphatic rings. The van der Waals surface area contributed by atoms with Crippen LogP contribution in [-0.4, -0.2) is 29.1 Å². The molecule has 0 N–H and O–H groups in total. The summed E-state index contributed by atoms with van der Waals surface area (Å²) in [6, 6.07) is -0.0340. The highest BCUT2D eigenvalue weighted by Gasteiger charge is 2.16. The molecular weight excluding hydrogens is 170 g/mol. The minimum Gasteiger partial charge on any atom is -0.293 e. The topological polar surface area (TPSA) is 20.3 Å². The van der Waals surface area contributed by atoms with Crippen LogP contribution >= 0.6 is 12.6 Å². The number of nitrogens with zero attached hydrogens (tertiary/aromatic N) is 1. The molecule has 0 aromatic rings. The molecule has 0 fully saturated rings. The molecule has 0 saturated heterocycles. The van der Waals surface area contributed by atoms with E-state index < -0.39 is 0 Å². The van der Waals surface area contributed by atoms with Gasteiger partial charge in [0, 0.05) is 0 Å². The Balaban J connectivity index is 3.98. The Morgan fingerprint density at radius 2 is 1.75 bits per heavy atom. The third-order valence-electron chi connectivity index (χ3n) is 1.93. The highest BCUT2D eigenvalue weighted by molar-refractivity contribution is 7.96. The van der Waals surface area contributed by atoms with E-state index in [-0.39, 0.29) is 11.2 Å². The van der Waals surface area contributed by atoms with Crippen LogP contribution in [0.15, 0.2) is 0 Å². The molecule has 3 heteroatoms. The predicted octanol–water partition coefficient (Wildman–Crippen LogP) is 1.95. The second-order valence-corrected chi connectivity index (χ2v) is 3.49. The number of carbonyl (C=O) groups is 1. The van der Waals surface area contributed by atoms with Gasteiger partial charge in [0.1, 0.15) is 0 Å². The lowest BCUT2D eigenvalue weighted by atomic mass is 10.2. The second kappa shape index (κ2) is 6.49. The molecule has 0 aromatic carbocycles. The van der Waals surface area contributed by atoms with Gasteiger partial charge in [0.15, 0.2) is 0 Å². The molecular formula is C9H19NOS. The first-order valence-corrected chi connectivity index (χ1v) is 5.05. The standard InChI is InChI=1S/C9H19NOS/c1-4-6-10(7-5-2)8(3)9(11)12/h8H,4-7H2,1-3H3,(H,11,12)/t8-/m1/s1. The first-order valence-electron chi connectivity index (χ1n) is 4.60. The van der Waals surface area contributed by atoms with Gasteiger partial charge in [0.05, 0.1) is 6.04 Å². The maximum absolute atomic E-state index is 11.0. The zero-order chi connectivity index (χ0) is 9.56. The number of carbonyl (C=O) groups excluding carboxylic acids is 1. The Hall–Kier alpha value is -0.0200. The predicted molar refractivity (Wildman–Crippen MR) is 55.6 cm³/mol. The Morgan fingerprint density at radius 3 is 2.00 bits per heavy atom. The van der Waals surface area contributed by atoms with Crippen LogP contribution in [0.2, 0.25) is 0 Å². The van der Waals surface area contributed by atoms with E-state index in [2.05, 4.69) is 31.4 Å². The lowest BCUT2D eigenvalue weighted by Crippen LogP contribution is -2.38. The molecule has 12 heavy (non-hydrogen) atoms. The van der Waals surface area contributed by atoms with Gasteiger partial charge in [0.2, 0.25) is 5.12 Å². The third-order valence-corrected chi connectivity index (χ3v) is 2.30. The molecule has 0 amide bonds. The lowest BCUT2D eigenvalue weighted by Gasteiger charge is -2.25. The zero-order valence-electron chi connectivity index (χ0n) is 8.21. The summed E-state index contributed by atoms with van der Waals surface area (Å²) < 4.78 is 0. The quantitative estimate of drug-likeness (QED) is 0.645. The minimum atomic E-state index is -0.0340. The van der Waals surface area contributed by atoms with Gasteiger partial charge in [0.25, 0.3) is 0 Å². The molecule has 72 valence electrons. The third kappa shape index (κ3) is 4.12. The SMILES string of the molecule is CCCN(CCC)[C@H](C)C(=O)S. The normalized spacial score (nSPS) is 13.4. The van der Waals surface area contributed by atoms with Gasteiger partial charge < -0.3 is 0 Å². The first-order chi connectivity index (χ1) is 5.63. The van der Waals surface area contributed by atoms with Crippen molar-refractivity contribution in [1.82, 2.24) is 4.90 Å². The van der Waals surface area contributed by atoms with Gasteiger partial charge in [-0.05, 0) is 32.9 Å². The van der Waals surface area contributed by atoms with Crippen molar-refractivity contribution >= 4 is 17.7 Å². The Labute approximate surface area is 80.7 Å². The number of rotatable bonds is 6. The summed E-state index contributed by atoms with van der Waals surface area (Å²) in [5.74, 6) is 0. The average molecular weight is 189 g/mol. The molecule has 0 rings (SSSR count). The van der Waals surface area contributed by atoms with E-state index in [0.29, 0.717) is 0 Å². The van der Waals surface area contributed by atoms with Crippen LogP contribution in [0.5, 0.6) is 0 Å². The maximum atomic E-state index is 11.0. The minimum absolute atomic E-state index is 0.0306. The number of thiol groups is 1. The lowest BCUT2D eigenvalue weighted by molar-refractivity contribution is -0.115. The van der Waals surface area contributed by atoms with E-state index in [0.717, 1.165) is 25.9 Å². The van der Waals surface area contributed by atoms with E-state index in [1.165, 1.54) is 0 Å². The van der Waals surface area contributed by atoms with Gasteiger partial charge >= 0.3 is 0 Å². The molecule has 0 radical (unpaired) electrons. The van der Waals surface area contributed by atoms with Gasteiger partial charge in [-0.1, -0.05) is 13.8 Å². The van der Waals surface area contributed by atoms with Crippen LogP contribution in [0.4, 0.5) is 0 Å². The van der Waals surface area contributed by atoms with Gasteiger partial charge in [-0.3, -0.25) is 9.69 Å². The summed E-state index contributed by atoms with van der Waals surface area (Å²) >= 11 is 3.84. The van der Waals surface area contributed by atoms with Crippen molar-refractivity contribution in [3.63, 3.8) is 0 Å². The van der Waals surface area contributed by atoms with Gasteiger partial charge in [-0.25, -0.2) is 0 Å². The molecule has 0 bridgehead atoms. The summed E-state index contributed by atoms with van der Waals surface area (Å²) in [5, 5.41) is -0.0306.